The van der Waals surface area contributed by atoms with E-state index in [0.29, 0.717) is 29.9 Å². The summed E-state index contributed by atoms with van der Waals surface area (Å²) in [5.74, 6) is 0.219. The van der Waals surface area contributed by atoms with Gasteiger partial charge in [0.25, 0.3) is 5.91 Å². The number of nitrogens with one attached hydrogen (secondary N) is 2. The first-order valence-electron chi connectivity index (χ1n) is 11.7. The topological polar surface area (TPSA) is 111 Å². The normalized spacial score (nSPS) is 11.4. The van der Waals surface area contributed by atoms with Crippen LogP contribution in [0.5, 0.6) is 0 Å². The number of ether oxygens (including phenoxy) is 1. The Morgan fingerprint density at radius 2 is 1.72 bits per heavy atom. The molecule has 0 bridgehead atoms. The first-order chi connectivity index (χ1) is 17.2. The number of carbonyl (C=O) groups is 2. The predicted molar refractivity (Wildman–Crippen MR) is 141 cm³/mol. The third-order valence-electron chi connectivity index (χ3n) is 5.64. The second kappa shape index (κ2) is 10.2. The first kappa shape index (κ1) is 24.9. The molecule has 4 rings (SSSR count). The van der Waals surface area contributed by atoms with E-state index in [1.54, 1.807) is 24.3 Å². The number of rotatable bonds is 7. The molecule has 0 saturated carbocycles. The maximum atomic E-state index is 12.9. The van der Waals surface area contributed by atoms with Crippen molar-refractivity contribution in [1.82, 2.24) is 14.7 Å². The monoisotopic (exact) mass is 485 g/mol. The van der Waals surface area contributed by atoms with Gasteiger partial charge in [-0.05, 0) is 56.2 Å². The fourth-order valence-corrected chi connectivity index (χ4v) is 3.89. The van der Waals surface area contributed by atoms with Crippen LogP contribution in [0.1, 0.15) is 52.6 Å². The van der Waals surface area contributed by atoms with Crippen molar-refractivity contribution < 1.29 is 14.3 Å². The van der Waals surface area contributed by atoms with Crippen molar-refractivity contribution in [2.45, 2.75) is 39.4 Å². The van der Waals surface area contributed by atoms with Crippen LogP contribution in [0.15, 0.2) is 66.9 Å². The Hall–Kier alpha value is -4.17. The number of fused-ring (bicyclic) bond motifs is 1. The number of esters is 1. The van der Waals surface area contributed by atoms with E-state index in [4.69, 9.17) is 15.5 Å². The number of aromatic nitrogens is 2. The van der Waals surface area contributed by atoms with Crippen LogP contribution in [0, 0.1) is 0 Å². The molecular formula is C28H31N5O3. The van der Waals surface area contributed by atoms with Gasteiger partial charge in [0, 0.05) is 36.0 Å². The summed E-state index contributed by atoms with van der Waals surface area (Å²) in [6.45, 7) is 7.06. The van der Waals surface area contributed by atoms with E-state index in [2.05, 4.69) is 31.4 Å². The molecule has 2 aromatic heterocycles. The number of hydrogen-bond donors (Lipinski definition) is 3. The SMILES string of the molecule is COC(=O)c1ccc(-c2nc3cc(C(=O)NCc4cccc(CN)c4)ccn3c2NC(C)(C)C)cc1. The zero-order valence-corrected chi connectivity index (χ0v) is 21.0. The second-order valence-corrected chi connectivity index (χ2v) is 9.60. The van der Waals surface area contributed by atoms with Crippen LogP contribution >= 0.6 is 0 Å². The highest BCUT2D eigenvalue weighted by molar-refractivity contribution is 5.95. The van der Waals surface area contributed by atoms with E-state index in [0.717, 1.165) is 28.2 Å². The molecule has 0 aliphatic rings. The summed E-state index contributed by atoms with van der Waals surface area (Å²) in [5, 5.41) is 6.49. The number of nitrogens with zero attached hydrogens (tertiary/aromatic N) is 2. The maximum Gasteiger partial charge on any atom is 0.337 e. The van der Waals surface area contributed by atoms with Gasteiger partial charge in [0.2, 0.25) is 0 Å². The highest BCUT2D eigenvalue weighted by atomic mass is 16.5. The third-order valence-corrected chi connectivity index (χ3v) is 5.64. The molecule has 0 spiro atoms. The zero-order chi connectivity index (χ0) is 25.9. The molecule has 0 aliphatic carbocycles. The average molecular weight is 486 g/mol. The molecule has 4 aromatic rings. The number of nitrogens with two attached hydrogens (primary N) is 1. The molecule has 0 saturated heterocycles. The van der Waals surface area contributed by atoms with Crippen LogP contribution in [0.4, 0.5) is 5.82 Å². The minimum absolute atomic E-state index is 0.187. The van der Waals surface area contributed by atoms with Crippen LogP contribution < -0.4 is 16.4 Å². The maximum absolute atomic E-state index is 12.9. The quantitative estimate of drug-likeness (QED) is 0.335. The molecular weight excluding hydrogens is 454 g/mol. The molecule has 1 amide bonds. The smallest absolute Gasteiger partial charge is 0.337 e. The summed E-state index contributed by atoms with van der Waals surface area (Å²) in [5.41, 5.74) is 10.7. The molecule has 186 valence electrons. The second-order valence-electron chi connectivity index (χ2n) is 9.60. The van der Waals surface area contributed by atoms with Gasteiger partial charge in [-0.3, -0.25) is 9.20 Å². The lowest BCUT2D eigenvalue weighted by atomic mass is 10.1. The summed E-state index contributed by atoms with van der Waals surface area (Å²) in [6.07, 6.45) is 1.84. The Balaban J connectivity index is 1.65. The zero-order valence-electron chi connectivity index (χ0n) is 21.0. The molecule has 2 aromatic carbocycles. The van der Waals surface area contributed by atoms with Gasteiger partial charge in [0.1, 0.15) is 17.2 Å². The van der Waals surface area contributed by atoms with Crippen LogP contribution in [0.3, 0.4) is 0 Å². The van der Waals surface area contributed by atoms with E-state index in [1.165, 1.54) is 7.11 Å². The van der Waals surface area contributed by atoms with E-state index in [-0.39, 0.29) is 11.4 Å². The van der Waals surface area contributed by atoms with Crippen LogP contribution in [0.2, 0.25) is 0 Å². The van der Waals surface area contributed by atoms with Gasteiger partial charge in [-0.1, -0.05) is 36.4 Å². The molecule has 0 unspecified atom stereocenters. The minimum atomic E-state index is -0.394. The summed E-state index contributed by atoms with van der Waals surface area (Å²) < 4.78 is 6.73. The average Bonchev–Trinajstić information content (AvgIpc) is 3.23. The Labute approximate surface area is 210 Å². The fraction of sp³-hybridized carbons (Fsp3) is 0.250. The first-order valence-corrected chi connectivity index (χ1v) is 11.7. The van der Waals surface area contributed by atoms with Crippen molar-refractivity contribution in [2.24, 2.45) is 5.73 Å². The van der Waals surface area contributed by atoms with Gasteiger partial charge < -0.3 is 21.1 Å². The number of imidazole rings is 1. The van der Waals surface area contributed by atoms with Crippen LogP contribution in [-0.4, -0.2) is 33.9 Å². The Kier molecular flexibility index (Phi) is 7.07. The highest BCUT2D eigenvalue weighted by Crippen LogP contribution is 2.31. The summed E-state index contributed by atoms with van der Waals surface area (Å²) >= 11 is 0. The largest absolute Gasteiger partial charge is 0.465 e. The standard InChI is InChI=1S/C28H31N5O3/c1-28(2,3)32-25-24(20-8-10-21(11-9-20)27(35)36-4)31-23-15-22(12-13-33(23)25)26(34)30-17-19-7-5-6-18(14-19)16-29/h5-15,32H,16-17,29H2,1-4H3,(H,30,34). The summed E-state index contributed by atoms with van der Waals surface area (Å²) in [6, 6.07) is 18.5. The van der Waals surface area contributed by atoms with E-state index < -0.39 is 5.97 Å². The number of pyridine rings is 1. The summed E-state index contributed by atoms with van der Waals surface area (Å²) in [4.78, 5) is 29.6. The van der Waals surface area contributed by atoms with Crippen molar-refractivity contribution in [3.05, 3.63) is 89.1 Å². The van der Waals surface area contributed by atoms with E-state index in [9.17, 15) is 9.59 Å². The van der Waals surface area contributed by atoms with Crippen molar-refractivity contribution in [2.75, 3.05) is 12.4 Å². The van der Waals surface area contributed by atoms with Gasteiger partial charge in [0.05, 0.1) is 12.7 Å². The minimum Gasteiger partial charge on any atom is -0.465 e. The lowest BCUT2D eigenvalue weighted by Gasteiger charge is -2.22. The van der Waals surface area contributed by atoms with Gasteiger partial charge in [-0.2, -0.15) is 0 Å². The van der Waals surface area contributed by atoms with Gasteiger partial charge >= 0.3 is 5.97 Å². The van der Waals surface area contributed by atoms with Crippen molar-refractivity contribution >= 4 is 23.3 Å². The number of hydrogen-bond acceptors (Lipinski definition) is 6. The fourth-order valence-electron chi connectivity index (χ4n) is 3.89. The van der Waals surface area contributed by atoms with Crippen LogP contribution in [0.25, 0.3) is 16.9 Å². The molecule has 0 aliphatic heterocycles. The number of amides is 1. The lowest BCUT2D eigenvalue weighted by molar-refractivity contribution is 0.0600. The van der Waals surface area contributed by atoms with Crippen LogP contribution in [-0.2, 0) is 17.8 Å². The molecule has 8 nitrogen and oxygen atoms in total. The molecule has 0 atom stereocenters. The molecule has 0 fully saturated rings. The lowest BCUT2D eigenvalue weighted by Crippen LogP contribution is -2.27. The van der Waals surface area contributed by atoms with E-state index >= 15 is 0 Å². The molecule has 36 heavy (non-hydrogen) atoms. The molecule has 0 radical (unpaired) electrons. The van der Waals surface area contributed by atoms with Gasteiger partial charge in [-0.25, -0.2) is 9.78 Å². The third kappa shape index (κ3) is 5.55. The molecule has 2 heterocycles. The number of methoxy groups -OCH3 is 1. The number of benzene rings is 2. The summed E-state index contributed by atoms with van der Waals surface area (Å²) in [7, 11) is 1.36. The Morgan fingerprint density at radius 1 is 1.00 bits per heavy atom. The highest BCUT2D eigenvalue weighted by Gasteiger charge is 2.20. The van der Waals surface area contributed by atoms with Crippen molar-refractivity contribution in [3.8, 4) is 11.3 Å². The van der Waals surface area contributed by atoms with Crippen molar-refractivity contribution in [3.63, 3.8) is 0 Å². The Morgan fingerprint density at radius 3 is 2.39 bits per heavy atom. The van der Waals surface area contributed by atoms with Gasteiger partial charge in [-0.15, -0.1) is 0 Å². The van der Waals surface area contributed by atoms with Crippen molar-refractivity contribution in [1.29, 1.82) is 0 Å². The predicted octanol–water partition coefficient (Wildman–Crippen LogP) is 4.39. The Bertz CT molecular complexity index is 1400. The molecule has 4 N–H and O–H groups in total. The number of anilines is 1. The van der Waals surface area contributed by atoms with E-state index in [1.807, 2.05) is 47.0 Å². The molecule has 8 heteroatoms. The van der Waals surface area contributed by atoms with Gasteiger partial charge in [0.15, 0.2) is 0 Å². The number of carbonyl (C=O) groups excluding carboxylic acids is 2.